The summed E-state index contributed by atoms with van der Waals surface area (Å²) >= 11 is 0. The molecule has 0 unspecified atom stereocenters. The number of hydrogen-bond donors (Lipinski definition) is 0. The molecule has 4 heteroatoms. The van der Waals surface area contributed by atoms with Crippen LogP contribution in [0.5, 0.6) is 5.75 Å². The number of rotatable bonds is 6. The van der Waals surface area contributed by atoms with Crippen LogP contribution >= 0.6 is 0 Å². The lowest BCUT2D eigenvalue weighted by atomic mass is 10.0. The lowest BCUT2D eigenvalue weighted by molar-refractivity contribution is 0.243. The second-order valence-electron chi connectivity index (χ2n) is 9.40. The first-order chi connectivity index (χ1) is 13.6. The number of benzene rings is 2. The summed E-state index contributed by atoms with van der Waals surface area (Å²) in [6.45, 7) is 16.0. The van der Waals surface area contributed by atoms with E-state index in [4.69, 9.17) is 14.1 Å². The molecule has 29 heavy (non-hydrogen) atoms. The van der Waals surface area contributed by atoms with Crippen molar-refractivity contribution < 1.29 is 9.16 Å². The Morgan fingerprint density at radius 1 is 0.966 bits per heavy atom. The molecule has 0 saturated carbocycles. The number of hydrogen-bond acceptors (Lipinski definition) is 3. The molecule has 0 amide bonds. The van der Waals surface area contributed by atoms with Gasteiger partial charge in [0.15, 0.2) is 8.32 Å². The second-order valence-corrected chi connectivity index (χ2v) is 14.2. The first-order valence-electron chi connectivity index (χ1n) is 10.4. The standard InChI is InChI=1S/C25H33NO2Si/c1-18(2)28-23-15-11-9-13-21(23)24-20(17-27-29(6,7)25(3,4)5)16-19-12-8-10-14-22(19)26-24/h8-16,18H,17H2,1-7H3. The number of aromatic nitrogens is 1. The van der Waals surface area contributed by atoms with Gasteiger partial charge in [-0.15, -0.1) is 0 Å². The van der Waals surface area contributed by atoms with Crippen LogP contribution in [-0.4, -0.2) is 19.4 Å². The summed E-state index contributed by atoms with van der Waals surface area (Å²) in [6.07, 6.45) is 0.100. The topological polar surface area (TPSA) is 31.4 Å². The fraction of sp³-hybridized carbons (Fsp3) is 0.400. The van der Waals surface area contributed by atoms with E-state index in [0.29, 0.717) is 6.61 Å². The molecule has 0 aliphatic rings. The van der Waals surface area contributed by atoms with E-state index in [1.807, 2.05) is 38.1 Å². The van der Waals surface area contributed by atoms with Gasteiger partial charge in [0.2, 0.25) is 0 Å². The Morgan fingerprint density at radius 2 is 1.62 bits per heavy atom. The highest BCUT2D eigenvalue weighted by atomic mass is 28.4. The van der Waals surface area contributed by atoms with E-state index in [2.05, 4.69) is 64.2 Å². The van der Waals surface area contributed by atoms with Gasteiger partial charge in [0.25, 0.3) is 0 Å². The van der Waals surface area contributed by atoms with Crippen LogP contribution < -0.4 is 4.74 Å². The van der Waals surface area contributed by atoms with Crippen molar-refractivity contribution >= 4 is 19.2 Å². The number of pyridine rings is 1. The zero-order valence-corrected chi connectivity index (χ0v) is 19.7. The molecule has 0 radical (unpaired) electrons. The van der Waals surface area contributed by atoms with Gasteiger partial charge in [0.05, 0.1) is 23.9 Å². The summed E-state index contributed by atoms with van der Waals surface area (Å²) in [6, 6.07) is 18.6. The van der Waals surface area contributed by atoms with Crippen molar-refractivity contribution in [3.8, 4) is 17.0 Å². The molecule has 1 heterocycles. The first-order valence-corrected chi connectivity index (χ1v) is 13.3. The Bertz CT molecular complexity index is 990. The van der Waals surface area contributed by atoms with Crippen molar-refractivity contribution in [3.05, 3.63) is 60.2 Å². The van der Waals surface area contributed by atoms with Crippen molar-refractivity contribution in [1.29, 1.82) is 0 Å². The highest BCUT2D eigenvalue weighted by Gasteiger charge is 2.37. The van der Waals surface area contributed by atoms with Gasteiger partial charge < -0.3 is 9.16 Å². The van der Waals surface area contributed by atoms with Gasteiger partial charge in [-0.05, 0) is 56.2 Å². The Balaban J connectivity index is 2.10. The molecular weight excluding hydrogens is 374 g/mol. The molecule has 3 rings (SSSR count). The quantitative estimate of drug-likeness (QED) is 0.404. The molecule has 0 bridgehead atoms. The van der Waals surface area contributed by atoms with Crippen LogP contribution in [0.1, 0.15) is 40.2 Å². The number of ether oxygens (including phenoxy) is 1. The average Bonchev–Trinajstić information content (AvgIpc) is 2.65. The summed E-state index contributed by atoms with van der Waals surface area (Å²) in [5.74, 6) is 0.860. The SMILES string of the molecule is CC(C)Oc1ccccc1-c1nc2ccccc2cc1CO[Si](C)(C)C(C)(C)C. The average molecular weight is 408 g/mol. The fourth-order valence-electron chi connectivity index (χ4n) is 3.00. The molecule has 0 spiro atoms. The summed E-state index contributed by atoms with van der Waals surface area (Å²) in [4.78, 5) is 5.03. The van der Waals surface area contributed by atoms with Crippen molar-refractivity contribution in [2.45, 2.75) is 65.5 Å². The maximum atomic E-state index is 6.57. The molecule has 0 N–H and O–H groups in total. The van der Waals surface area contributed by atoms with E-state index in [0.717, 1.165) is 33.5 Å². The third kappa shape index (κ3) is 4.88. The third-order valence-electron chi connectivity index (χ3n) is 5.70. The van der Waals surface area contributed by atoms with E-state index in [1.54, 1.807) is 0 Å². The van der Waals surface area contributed by atoms with E-state index < -0.39 is 8.32 Å². The summed E-state index contributed by atoms with van der Waals surface area (Å²) in [7, 11) is -1.88. The molecule has 0 fully saturated rings. The molecule has 0 aliphatic heterocycles. The Labute approximate surface area is 176 Å². The van der Waals surface area contributed by atoms with Crippen molar-refractivity contribution in [1.82, 2.24) is 4.98 Å². The molecule has 2 aromatic carbocycles. The van der Waals surface area contributed by atoms with Gasteiger partial charge in [-0.25, -0.2) is 4.98 Å². The monoisotopic (exact) mass is 407 g/mol. The smallest absolute Gasteiger partial charge is 0.192 e. The minimum atomic E-state index is -1.88. The van der Waals surface area contributed by atoms with Gasteiger partial charge in [-0.1, -0.05) is 51.1 Å². The molecule has 0 saturated heterocycles. The number of nitrogens with zero attached hydrogens (tertiary/aromatic N) is 1. The predicted octanol–water partition coefficient (Wildman–Crippen LogP) is 7.21. The van der Waals surface area contributed by atoms with Crippen LogP contribution in [0, 0.1) is 0 Å². The second kappa shape index (κ2) is 8.29. The molecule has 0 atom stereocenters. The number of fused-ring (bicyclic) bond motifs is 1. The van der Waals surface area contributed by atoms with Crippen LogP contribution in [0.25, 0.3) is 22.2 Å². The summed E-state index contributed by atoms with van der Waals surface area (Å²) in [5, 5.41) is 1.29. The largest absolute Gasteiger partial charge is 0.490 e. The Kier molecular flexibility index (Phi) is 6.15. The van der Waals surface area contributed by atoms with Gasteiger partial charge in [-0.2, -0.15) is 0 Å². The molecule has 0 aliphatic carbocycles. The van der Waals surface area contributed by atoms with Gasteiger partial charge in [0, 0.05) is 16.5 Å². The van der Waals surface area contributed by atoms with Gasteiger partial charge >= 0.3 is 0 Å². The Morgan fingerprint density at radius 3 is 2.31 bits per heavy atom. The van der Waals surface area contributed by atoms with E-state index in [9.17, 15) is 0 Å². The minimum Gasteiger partial charge on any atom is -0.490 e. The van der Waals surface area contributed by atoms with Crippen LogP contribution in [0.15, 0.2) is 54.6 Å². The maximum absolute atomic E-state index is 6.57. The first kappa shape index (κ1) is 21.5. The van der Waals surface area contributed by atoms with Crippen LogP contribution in [0.3, 0.4) is 0 Å². The van der Waals surface area contributed by atoms with Crippen molar-refractivity contribution in [2.75, 3.05) is 0 Å². The van der Waals surface area contributed by atoms with E-state index >= 15 is 0 Å². The third-order valence-corrected chi connectivity index (χ3v) is 10.2. The highest BCUT2D eigenvalue weighted by Crippen LogP contribution is 2.39. The van der Waals surface area contributed by atoms with E-state index in [-0.39, 0.29) is 11.1 Å². The molecular formula is C25H33NO2Si. The summed E-state index contributed by atoms with van der Waals surface area (Å²) in [5.41, 5.74) is 4.05. The summed E-state index contributed by atoms with van der Waals surface area (Å²) < 4.78 is 12.7. The predicted molar refractivity (Wildman–Crippen MR) is 125 cm³/mol. The van der Waals surface area contributed by atoms with Gasteiger partial charge in [0.1, 0.15) is 5.75 Å². The lowest BCUT2D eigenvalue weighted by Crippen LogP contribution is -2.40. The maximum Gasteiger partial charge on any atom is 0.192 e. The normalized spacial score (nSPS) is 12.6. The number of para-hydroxylation sites is 2. The van der Waals surface area contributed by atoms with E-state index in [1.165, 1.54) is 0 Å². The molecule has 3 aromatic rings. The lowest BCUT2D eigenvalue weighted by Gasteiger charge is -2.36. The molecule has 3 nitrogen and oxygen atoms in total. The highest BCUT2D eigenvalue weighted by molar-refractivity contribution is 6.74. The van der Waals surface area contributed by atoms with Gasteiger partial charge in [-0.3, -0.25) is 0 Å². The van der Waals surface area contributed by atoms with Crippen LogP contribution in [-0.2, 0) is 11.0 Å². The minimum absolute atomic E-state index is 0.100. The fourth-order valence-corrected chi connectivity index (χ4v) is 3.95. The Hall–Kier alpha value is -2.17. The molecule has 154 valence electrons. The zero-order valence-electron chi connectivity index (χ0n) is 18.7. The zero-order chi connectivity index (χ0) is 21.2. The van der Waals surface area contributed by atoms with Crippen molar-refractivity contribution in [3.63, 3.8) is 0 Å². The van der Waals surface area contributed by atoms with Crippen LogP contribution in [0.4, 0.5) is 0 Å². The molecule has 1 aromatic heterocycles. The van der Waals surface area contributed by atoms with Crippen molar-refractivity contribution in [2.24, 2.45) is 0 Å². The van der Waals surface area contributed by atoms with Crippen LogP contribution in [0.2, 0.25) is 18.1 Å².